The van der Waals surface area contributed by atoms with E-state index in [1.54, 1.807) is 0 Å². The number of benzene rings is 2. The molecule has 7 heteroatoms. The standard InChI is InChI=1S/C23H26N4.2ClH.H2O/c1-26(2)16-9-17-27-21-14-7-6-12-19(21)22(18-10-4-3-5-11-18)25-20-13-8-15-24-23(20)27;;;/h3-8,10-15,22,25H,9,16-17H2,1-2H3;2*1H;1H2. The SMILES string of the molecule is CN(C)CCCN1c2ccccc2C(c2ccccc2)Nc2cccnc21.Cl.Cl.O. The average molecular weight is 449 g/mol. The van der Waals surface area contributed by atoms with Gasteiger partial charge in [0.1, 0.15) is 0 Å². The number of fused-ring (bicyclic) bond motifs is 2. The molecular formula is C23H30Cl2N4O. The van der Waals surface area contributed by atoms with Crippen molar-refractivity contribution >= 4 is 42.0 Å². The van der Waals surface area contributed by atoms with Crippen molar-refractivity contribution in [1.82, 2.24) is 9.88 Å². The van der Waals surface area contributed by atoms with Crippen molar-refractivity contribution in [2.75, 3.05) is 37.4 Å². The Morgan fingerprint density at radius 1 is 0.933 bits per heavy atom. The van der Waals surface area contributed by atoms with Gasteiger partial charge in [-0.05, 0) is 50.8 Å². The fraction of sp³-hybridized carbons (Fsp3) is 0.261. The number of hydrogen-bond acceptors (Lipinski definition) is 4. The number of hydrogen-bond donors (Lipinski definition) is 1. The molecule has 5 nitrogen and oxygen atoms in total. The molecule has 3 N–H and O–H groups in total. The number of aromatic nitrogens is 1. The molecule has 2 heterocycles. The zero-order chi connectivity index (χ0) is 18.6. The summed E-state index contributed by atoms with van der Waals surface area (Å²) in [4.78, 5) is 9.33. The predicted molar refractivity (Wildman–Crippen MR) is 131 cm³/mol. The van der Waals surface area contributed by atoms with E-state index in [1.165, 1.54) is 16.8 Å². The van der Waals surface area contributed by atoms with E-state index in [0.29, 0.717) is 0 Å². The number of nitrogens with one attached hydrogen (secondary N) is 1. The van der Waals surface area contributed by atoms with Gasteiger partial charge in [0.05, 0.1) is 11.7 Å². The van der Waals surface area contributed by atoms with Crippen LogP contribution in [0.3, 0.4) is 0 Å². The highest BCUT2D eigenvalue weighted by Crippen LogP contribution is 2.42. The summed E-state index contributed by atoms with van der Waals surface area (Å²) in [5, 5.41) is 3.75. The third-order valence-corrected chi connectivity index (χ3v) is 5.00. The van der Waals surface area contributed by atoms with Gasteiger partial charge in [0.25, 0.3) is 0 Å². The van der Waals surface area contributed by atoms with Gasteiger partial charge in [-0.3, -0.25) is 0 Å². The summed E-state index contributed by atoms with van der Waals surface area (Å²) in [6, 6.07) is 23.6. The molecule has 0 amide bonds. The van der Waals surface area contributed by atoms with Crippen LogP contribution in [0.25, 0.3) is 0 Å². The minimum Gasteiger partial charge on any atom is -0.412 e. The van der Waals surface area contributed by atoms with Crippen molar-refractivity contribution in [3.8, 4) is 0 Å². The van der Waals surface area contributed by atoms with E-state index in [2.05, 4.69) is 89.9 Å². The van der Waals surface area contributed by atoms with Crippen molar-refractivity contribution in [3.63, 3.8) is 0 Å². The summed E-state index contributed by atoms with van der Waals surface area (Å²) >= 11 is 0. The number of nitrogens with zero attached hydrogens (tertiary/aromatic N) is 3. The molecule has 1 atom stereocenters. The number of anilines is 3. The van der Waals surface area contributed by atoms with Gasteiger partial charge in [-0.1, -0.05) is 48.5 Å². The molecule has 0 aliphatic carbocycles. The number of halogens is 2. The summed E-state index contributed by atoms with van der Waals surface area (Å²) in [6.45, 7) is 1.98. The van der Waals surface area contributed by atoms with Crippen LogP contribution in [-0.4, -0.2) is 42.5 Å². The number of pyridine rings is 1. The first-order valence-electron chi connectivity index (χ1n) is 9.52. The molecule has 3 aromatic rings. The molecular weight excluding hydrogens is 419 g/mol. The lowest BCUT2D eigenvalue weighted by Gasteiger charge is -2.26. The van der Waals surface area contributed by atoms with Crippen molar-refractivity contribution in [3.05, 3.63) is 84.1 Å². The van der Waals surface area contributed by atoms with Crippen molar-refractivity contribution in [2.24, 2.45) is 0 Å². The smallest absolute Gasteiger partial charge is 0.156 e. The van der Waals surface area contributed by atoms with Gasteiger partial charge in [-0.25, -0.2) is 4.98 Å². The lowest BCUT2D eigenvalue weighted by Crippen LogP contribution is -2.24. The third kappa shape index (κ3) is 5.43. The van der Waals surface area contributed by atoms with E-state index in [-0.39, 0.29) is 36.3 Å². The Bertz CT molecular complexity index is 908. The Hall–Kier alpha value is -2.31. The van der Waals surface area contributed by atoms with Crippen LogP contribution in [0.4, 0.5) is 17.2 Å². The Balaban J connectivity index is 0.00000150. The predicted octanol–water partition coefficient (Wildman–Crippen LogP) is 4.71. The summed E-state index contributed by atoms with van der Waals surface area (Å²) in [6.07, 6.45) is 2.96. The van der Waals surface area contributed by atoms with E-state index < -0.39 is 0 Å². The zero-order valence-electron chi connectivity index (χ0n) is 17.3. The molecule has 2 aromatic carbocycles. The monoisotopic (exact) mass is 448 g/mol. The van der Waals surface area contributed by atoms with Gasteiger partial charge in [0, 0.05) is 24.0 Å². The van der Waals surface area contributed by atoms with E-state index >= 15 is 0 Å². The highest BCUT2D eigenvalue weighted by Gasteiger charge is 2.27. The average Bonchev–Trinajstić information content (AvgIpc) is 2.84. The molecule has 0 spiro atoms. The maximum atomic E-state index is 4.74. The molecule has 0 saturated heterocycles. The second-order valence-corrected chi connectivity index (χ2v) is 7.23. The first kappa shape index (κ1) is 25.7. The Labute approximate surface area is 191 Å². The summed E-state index contributed by atoms with van der Waals surface area (Å²) < 4.78 is 0. The molecule has 1 aliphatic heterocycles. The lowest BCUT2D eigenvalue weighted by molar-refractivity contribution is 0.402. The van der Waals surface area contributed by atoms with Gasteiger partial charge < -0.3 is 20.6 Å². The topological polar surface area (TPSA) is 62.9 Å². The summed E-state index contributed by atoms with van der Waals surface area (Å²) in [5.41, 5.74) is 4.85. The quantitative estimate of drug-likeness (QED) is 0.613. The molecule has 0 fully saturated rings. The van der Waals surface area contributed by atoms with Crippen molar-refractivity contribution < 1.29 is 5.48 Å². The van der Waals surface area contributed by atoms with Gasteiger partial charge in [-0.15, -0.1) is 24.8 Å². The highest BCUT2D eigenvalue weighted by atomic mass is 35.5. The van der Waals surface area contributed by atoms with Gasteiger partial charge in [0.2, 0.25) is 0 Å². The first-order chi connectivity index (χ1) is 13.2. The number of para-hydroxylation sites is 1. The Morgan fingerprint density at radius 3 is 2.37 bits per heavy atom. The van der Waals surface area contributed by atoms with E-state index in [0.717, 1.165) is 31.0 Å². The fourth-order valence-electron chi connectivity index (χ4n) is 3.73. The molecule has 4 rings (SSSR count). The van der Waals surface area contributed by atoms with Crippen LogP contribution in [0.15, 0.2) is 72.9 Å². The van der Waals surface area contributed by atoms with Crippen LogP contribution in [0.2, 0.25) is 0 Å². The molecule has 0 bridgehead atoms. The molecule has 1 aliphatic rings. The molecule has 0 saturated carbocycles. The maximum absolute atomic E-state index is 4.74. The van der Waals surface area contributed by atoms with Crippen LogP contribution in [0, 0.1) is 0 Å². The number of rotatable bonds is 5. The second-order valence-electron chi connectivity index (χ2n) is 7.23. The Kier molecular flexibility index (Phi) is 10.1. The molecule has 1 aromatic heterocycles. The van der Waals surface area contributed by atoms with Crippen molar-refractivity contribution in [1.29, 1.82) is 0 Å². The highest BCUT2D eigenvalue weighted by molar-refractivity contribution is 5.85. The van der Waals surface area contributed by atoms with Crippen LogP contribution in [-0.2, 0) is 0 Å². The third-order valence-electron chi connectivity index (χ3n) is 5.00. The molecule has 162 valence electrons. The minimum absolute atomic E-state index is 0. The second kappa shape index (κ2) is 11.8. The first-order valence-corrected chi connectivity index (χ1v) is 9.52. The Morgan fingerprint density at radius 2 is 1.63 bits per heavy atom. The zero-order valence-corrected chi connectivity index (χ0v) is 18.9. The van der Waals surface area contributed by atoms with Crippen LogP contribution < -0.4 is 10.2 Å². The van der Waals surface area contributed by atoms with Gasteiger partial charge in [0.15, 0.2) is 5.82 Å². The minimum atomic E-state index is 0. The summed E-state index contributed by atoms with van der Waals surface area (Å²) in [7, 11) is 4.24. The summed E-state index contributed by atoms with van der Waals surface area (Å²) in [5.74, 6) is 1.00. The maximum Gasteiger partial charge on any atom is 0.156 e. The van der Waals surface area contributed by atoms with Gasteiger partial charge in [-0.2, -0.15) is 0 Å². The van der Waals surface area contributed by atoms with E-state index in [9.17, 15) is 0 Å². The fourth-order valence-corrected chi connectivity index (χ4v) is 3.73. The normalized spacial score (nSPS) is 14.1. The van der Waals surface area contributed by atoms with Crippen LogP contribution in [0.1, 0.15) is 23.6 Å². The van der Waals surface area contributed by atoms with Crippen LogP contribution in [0.5, 0.6) is 0 Å². The molecule has 30 heavy (non-hydrogen) atoms. The lowest BCUT2D eigenvalue weighted by atomic mass is 9.97. The van der Waals surface area contributed by atoms with Crippen molar-refractivity contribution in [2.45, 2.75) is 12.5 Å². The van der Waals surface area contributed by atoms with E-state index in [4.69, 9.17) is 4.98 Å². The van der Waals surface area contributed by atoms with Gasteiger partial charge >= 0.3 is 0 Å². The van der Waals surface area contributed by atoms with Crippen LogP contribution >= 0.6 is 24.8 Å². The largest absolute Gasteiger partial charge is 0.412 e. The molecule has 0 radical (unpaired) electrons. The van der Waals surface area contributed by atoms with E-state index in [1.807, 2.05) is 12.3 Å². The molecule has 1 unspecified atom stereocenters.